The van der Waals surface area contributed by atoms with E-state index in [1.54, 1.807) is 49.4 Å². The Morgan fingerprint density at radius 2 is 1.82 bits per heavy atom. The Morgan fingerprint density at radius 3 is 2.63 bits per heavy atom. The Labute approximate surface area is 218 Å². The number of anilines is 1. The quantitative estimate of drug-likeness (QED) is 0.518. The van der Waals surface area contributed by atoms with Crippen LogP contribution in [-0.2, 0) is 14.3 Å². The number of carbonyl (C=O) groups is 2. The summed E-state index contributed by atoms with van der Waals surface area (Å²) >= 11 is 0. The minimum absolute atomic E-state index is 0.163. The van der Waals surface area contributed by atoms with Gasteiger partial charge in [0.15, 0.2) is 11.5 Å². The van der Waals surface area contributed by atoms with E-state index < -0.39 is 35.0 Å². The summed E-state index contributed by atoms with van der Waals surface area (Å²) in [6.45, 7) is 2.09. The molecule has 5 atom stereocenters. The standard InChI is InChI=1S/C29H24N2O7/c1-28-23(32)13-29(38-28,10-11-35-17-7-9-21-22(12-17)37-15-36-21)25-24(28)26(33)31(27(25)34)20-8-6-16(14-30)18-4-2-3-5-19(18)20/h2-9,12,23-25,32H,10-11,13,15H2,1H3/t23?,24-,25+,28-,29+/m1/s1. The fourth-order valence-corrected chi connectivity index (χ4v) is 6.75. The molecule has 0 aromatic heterocycles. The minimum Gasteiger partial charge on any atom is -0.493 e. The summed E-state index contributed by atoms with van der Waals surface area (Å²) in [5.41, 5.74) is -1.33. The molecule has 7 rings (SSSR count). The van der Waals surface area contributed by atoms with Gasteiger partial charge in [-0.2, -0.15) is 5.26 Å². The van der Waals surface area contributed by atoms with E-state index >= 15 is 0 Å². The van der Waals surface area contributed by atoms with E-state index in [9.17, 15) is 20.0 Å². The largest absolute Gasteiger partial charge is 0.493 e. The fraction of sp³-hybridized carbons (Fsp3) is 0.345. The molecule has 0 spiro atoms. The Balaban J connectivity index is 1.21. The number of hydrogen-bond donors (Lipinski definition) is 1. The summed E-state index contributed by atoms with van der Waals surface area (Å²) in [6.07, 6.45) is -0.351. The summed E-state index contributed by atoms with van der Waals surface area (Å²) < 4.78 is 23.1. The van der Waals surface area contributed by atoms with Crippen molar-refractivity contribution in [1.29, 1.82) is 5.26 Å². The number of nitriles is 1. The molecule has 3 fully saturated rings. The Morgan fingerprint density at radius 1 is 1.05 bits per heavy atom. The van der Waals surface area contributed by atoms with Crippen molar-refractivity contribution < 1.29 is 33.6 Å². The van der Waals surface area contributed by atoms with Crippen molar-refractivity contribution in [2.45, 2.75) is 37.1 Å². The van der Waals surface area contributed by atoms with Gasteiger partial charge in [-0.05, 0) is 31.2 Å². The summed E-state index contributed by atoms with van der Waals surface area (Å²) in [5, 5.41) is 21.9. The van der Waals surface area contributed by atoms with Gasteiger partial charge in [0.25, 0.3) is 0 Å². The maximum absolute atomic E-state index is 14.0. The molecule has 1 unspecified atom stereocenters. The first kappa shape index (κ1) is 23.0. The molecule has 9 heteroatoms. The molecular formula is C29H24N2O7. The number of amides is 2. The number of ether oxygens (including phenoxy) is 4. The SMILES string of the molecule is C[C@@]12O[C@@](CCOc3ccc4c(c3)OCO4)(CC1O)[C@@H]1C(=O)N(c3ccc(C#N)c4ccccc34)C(=O)[C@@H]12. The van der Waals surface area contributed by atoms with Crippen molar-refractivity contribution >= 4 is 28.3 Å². The lowest BCUT2D eigenvalue weighted by molar-refractivity contribution is -0.134. The molecule has 3 saturated heterocycles. The lowest BCUT2D eigenvalue weighted by atomic mass is 9.66. The predicted octanol–water partition coefficient (Wildman–Crippen LogP) is 3.31. The molecule has 2 bridgehead atoms. The number of aliphatic hydroxyl groups is 1. The van der Waals surface area contributed by atoms with E-state index in [2.05, 4.69) is 6.07 Å². The van der Waals surface area contributed by atoms with Crippen LogP contribution in [0.5, 0.6) is 17.2 Å². The average molecular weight is 513 g/mol. The zero-order valence-electron chi connectivity index (χ0n) is 20.5. The van der Waals surface area contributed by atoms with Gasteiger partial charge in [-0.15, -0.1) is 0 Å². The molecule has 4 aliphatic rings. The van der Waals surface area contributed by atoms with Crippen LogP contribution in [0.15, 0.2) is 54.6 Å². The zero-order chi connectivity index (χ0) is 26.2. The second-order valence-corrected chi connectivity index (χ2v) is 10.4. The van der Waals surface area contributed by atoms with Crippen molar-refractivity contribution in [2.24, 2.45) is 11.8 Å². The lowest BCUT2D eigenvalue weighted by Crippen LogP contribution is -2.49. The van der Waals surface area contributed by atoms with E-state index in [0.29, 0.717) is 45.7 Å². The number of carbonyl (C=O) groups excluding carboxylic acids is 2. The predicted molar refractivity (Wildman–Crippen MR) is 134 cm³/mol. The van der Waals surface area contributed by atoms with Crippen LogP contribution in [0.4, 0.5) is 5.69 Å². The number of rotatable bonds is 5. The molecule has 4 heterocycles. The highest BCUT2D eigenvalue weighted by molar-refractivity contribution is 6.26. The second kappa shape index (κ2) is 7.93. The molecule has 1 N–H and O–H groups in total. The molecule has 38 heavy (non-hydrogen) atoms. The molecule has 3 aromatic rings. The maximum Gasteiger partial charge on any atom is 0.240 e. The molecule has 9 nitrogen and oxygen atoms in total. The smallest absolute Gasteiger partial charge is 0.240 e. The number of benzene rings is 3. The van der Waals surface area contributed by atoms with Crippen LogP contribution < -0.4 is 19.1 Å². The van der Waals surface area contributed by atoms with E-state index in [4.69, 9.17) is 18.9 Å². The van der Waals surface area contributed by atoms with Crippen molar-refractivity contribution in [3.8, 4) is 23.3 Å². The summed E-state index contributed by atoms with van der Waals surface area (Å²) in [5.74, 6) is -0.484. The van der Waals surface area contributed by atoms with Gasteiger partial charge in [-0.25, -0.2) is 4.90 Å². The molecule has 0 saturated carbocycles. The maximum atomic E-state index is 14.0. The van der Waals surface area contributed by atoms with Gasteiger partial charge in [-0.3, -0.25) is 9.59 Å². The van der Waals surface area contributed by atoms with Crippen LogP contribution in [0.3, 0.4) is 0 Å². The Bertz CT molecular complexity index is 1560. The third-order valence-electron chi connectivity index (χ3n) is 8.51. The fourth-order valence-electron chi connectivity index (χ4n) is 6.75. The minimum atomic E-state index is -1.19. The number of imide groups is 1. The number of fused-ring (bicyclic) bond motifs is 7. The topological polar surface area (TPSA) is 118 Å². The highest BCUT2D eigenvalue weighted by Crippen LogP contribution is 2.62. The van der Waals surface area contributed by atoms with Gasteiger partial charge in [0.2, 0.25) is 18.6 Å². The normalized spacial score (nSPS) is 30.7. The lowest BCUT2D eigenvalue weighted by Gasteiger charge is -2.33. The molecule has 3 aromatic carbocycles. The summed E-state index contributed by atoms with van der Waals surface area (Å²) in [6, 6.07) is 18.0. The molecule has 0 aliphatic carbocycles. The zero-order valence-corrected chi connectivity index (χ0v) is 20.5. The summed E-state index contributed by atoms with van der Waals surface area (Å²) in [7, 11) is 0. The van der Waals surface area contributed by atoms with Crippen molar-refractivity contribution in [2.75, 3.05) is 18.3 Å². The van der Waals surface area contributed by atoms with Crippen molar-refractivity contribution in [1.82, 2.24) is 0 Å². The third kappa shape index (κ3) is 2.98. The van der Waals surface area contributed by atoms with Crippen LogP contribution in [-0.4, -0.2) is 47.6 Å². The van der Waals surface area contributed by atoms with E-state index in [-0.39, 0.29) is 25.7 Å². The van der Waals surface area contributed by atoms with Crippen molar-refractivity contribution in [3.63, 3.8) is 0 Å². The number of nitrogens with zero attached hydrogens (tertiary/aromatic N) is 2. The van der Waals surface area contributed by atoms with Crippen molar-refractivity contribution in [3.05, 3.63) is 60.2 Å². The van der Waals surface area contributed by atoms with Crippen LogP contribution in [0.2, 0.25) is 0 Å². The average Bonchev–Trinajstić information content (AvgIpc) is 3.62. The second-order valence-electron chi connectivity index (χ2n) is 10.4. The number of hydrogen-bond acceptors (Lipinski definition) is 8. The molecule has 2 amide bonds. The van der Waals surface area contributed by atoms with Gasteiger partial charge in [0, 0.05) is 29.7 Å². The van der Waals surface area contributed by atoms with Gasteiger partial charge in [0.05, 0.1) is 47.5 Å². The van der Waals surface area contributed by atoms with Gasteiger partial charge >= 0.3 is 0 Å². The van der Waals surface area contributed by atoms with Gasteiger partial charge in [-0.1, -0.05) is 24.3 Å². The monoisotopic (exact) mass is 512 g/mol. The van der Waals surface area contributed by atoms with Gasteiger partial charge < -0.3 is 24.1 Å². The highest BCUT2D eigenvalue weighted by atomic mass is 16.7. The number of aliphatic hydroxyl groups excluding tert-OH is 1. The molecular weight excluding hydrogens is 488 g/mol. The van der Waals surface area contributed by atoms with Crippen LogP contribution in [0.1, 0.15) is 25.3 Å². The Kier molecular flexibility index (Phi) is 4.81. The third-order valence-corrected chi connectivity index (χ3v) is 8.51. The van der Waals surface area contributed by atoms with E-state index in [1.165, 1.54) is 4.90 Å². The summed E-state index contributed by atoms with van der Waals surface area (Å²) in [4.78, 5) is 29.1. The Hall–Kier alpha value is -4.13. The first-order chi connectivity index (χ1) is 18.4. The molecule has 192 valence electrons. The van der Waals surface area contributed by atoms with E-state index in [0.717, 1.165) is 0 Å². The molecule has 0 radical (unpaired) electrons. The highest BCUT2D eigenvalue weighted by Gasteiger charge is 2.77. The van der Waals surface area contributed by atoms with Crippen LogP contribution in [0, 0.1) is 23.2 Å². The van der Waals surface area contributed by atoms with Crippen LogP contribution >= 0.6 is 0 Å². The van der Waals surface area contributed by atoms with E-state index in [1.807, 2.05) is 12.1 Å². The first-order valence-corrected chi connectivity index (χ1v) is 12.6. The first-order valence-electron chi connectivity index (χ1n) is 12.6. The van der Waals surface area contributed by atoms with Gasteiger partial charge in [0.1, 0.15) is 11.4 Å². The van der Waals surface area contributed by atoms with Crippen LogP contribution in [0.25, 0.3) is 10.8 Å². The molecule has 4 aliphatic heterocycles.